The van der Waals surface area contributed by atoms with E-state index in [-0.39, 0.29) is 11.7 Å². The molecule has 4 nitrogen and oxygen atoms in total. The molecule has 0 spiro atoms. The van der Waals surface area contributed by atoms with Crippen LogP contribution in [0.2, 0.25) is 5.02 Å². The lowest BCUT2D eigenvalue weighted by Gasteiger charge is -2.08. The number of carbonyl (C=O) groups is 2. The number of rotatable bonds is 3. The number of halogens is 1. The summed E-state index contributed by atoms with van der Waals surface area (Å²) in [5.74, 6) is -0.439. The van der Waals surface area contributed by atoms with Crippen LogP contribution in [0, 0.1) is 0 Å². The number of benzene rings is 2. The fourth-order valence-corrected chi connectivity index (χ4v) is 1.93. The molecule has 2 rings (SSSR count). The molecule has 5 heteroatoms. The highest BCUT2D eigenvalue weighted by Crippen LogP contribution is 2.20. The average molecular weight is 289 g/mol. The first-order valence-corrected chi connectivity index (χ1v) is 6.32. The van der Waals surface area contributed by atoms with Crippen LogP contribution in [-0.4, -0.2) is 11.7 Å². The third-order valence-electron chi connectivity index (χ3n) is 2.76. The van der Waals surface area contributed by atoms with Gasteiger partial charge in [-0.15, -0.1) is 0 Å². The Morgan fingerprint density at radius 3 is 2.60 bits per heavy atom. The van der Waals surface area contributed by atoms with E-state index in [0.717, 1.165) is 0 Å². The van der Waals surface area contributed by atoms with Crippen molar-refractivity contribution in [2.45, 2.75) is 6.92 Å². The molecule has 0 bridgehead atoms. The Morgan fingerprint density at radius 1 is 1.15 bits per heavy atom. The van der Waals surface area contributed by atoms with Crippen LogP contribution < -0.4 is 11.1 Å². The number of nitrogen functional groups attached to an aromatic ring is 1. The van der Waals surface area contributed by atoms with Crippen LogP contribution in [0.3, 0.4) is 0 Å². The van der Waals surface area contributed by atoms with Gasteiger partial charge in [-0.1, -0.05) is 23.7 Å². The van der Waals surface area contributed by atoms with Crippen molar-refractivity contribution in [2.75, 3.05) is 11.1 Å². The van der Waals surface area contributed by atoms with Crippen LogP contribution in [0.15, 0.2) is 42.5 Å². The van der Waals surface area contributed by atoms with Gasteiger partial charge in [0.05, 0.1) is 10.6 Å². The number of nitrogens with two attached hydrogens (primary N) is 1. The van der Waals surface area contributed by atoms with Crippen LogP contribution in [0.25, 0.3) is 0 Å². The number of nitrogens with one attached hydrogen (secondary N) is 1. The molecule has 0 aliphatic heterocycles. The summed E-state index contributed by atoms with van der Waals surface area (Å²) in [6.45, 7) is 1.47. The van der Waals surface area contributed by atoms with Crippen molar-refractivity contribution < 1.29 is 9.59 Å². The van der Waals surface area contributed by atoms with Crippen LogP contribution >= 0.6 is 11.6 Å². The standard InChI is InChI=1S/C15H13ClN2O2/c1-9(19)10-3-2-4-12(7-10)18-15(20)13-8-11(17)5-6-14(13)16/h2-8H,17H2,1H3,(H,18,20). The number of carbonyl (C=O) groups excluding carboxylic acids is 2. The summed E-state index contributed by atoms with van der Waals surface area (Å²) in [4.78, 5) is 23.4. The van der Waals surface area contributed by atoms with Gasteiger partial charge in [0, 0.05) is 16.9 Å². The molecule has 2 aromatic carbocycles. The van der Waals surface area contributed by atoms with Gasteiger partial charge in [0.2, 0.25) is 0 Å². The minimum atomic E-state index is -0.372. The number of amides is 1. The SMILES string of the molecule is CC(=O)c1cccc(NC(=O)c2cc(N)ccc2Cl)c1. The Bertz CT molecular complexity index is 683. The van der Waals surface area contributed by atoms with E-state index in [1.807, 2.05) is 0 Å². The fourth-order valence-electron chi connectivity index (χ4n) is 1.73. The van der Waals surface area contributed by atoms with Crippen LogP contribution in [0.4, 0.5) is 11.4 Å². The van der Waals surface area contributed by atoms with Gasteiger partial charge in [0.1, 0.15) is 0 Å². The molecule has 0 atom stereocenters. The summed E-state index contributed by atoms with van der Waals surface area (Å²) in [5, 5.41) is 3.01. The summed E-state index contributed by atoms with van der Waals surface area (Å²) in [6.07, 6.45) is 0. The molecule has 0 aliphatic carbocycles. The summed E-state index contributed by atoms with van der Waals surface area (Å²) in [7, 11) is 0. The quantitative estimate of drug-likeness (QED) is 0.672. The molecule has 0 heterocycles. The molecule has 0 radical (unpaired) electrons. The average Bonchev–Trinajstić information content (AvgIpc) is 2.41. The molecular formula is C15H13ClN2O2. The first-order chi connectivity index (χ1) is 9.47. The molecule has 0 aliphatic rings. The zero-order valence-corrected chi connectivity index (χ0v) is 11.6. The van der Waals surface area contributed by atoms with Crippen LogP contribution in [0.5, 0.6) is 0 Å². The van der Waals surface area contributed by atoms with Crippen molar-refractivity contribution in [2.24, 2.45) is 0 Å². The topological polar surface area (TPSA) is 72.2 Å². The maximum Gasteiger partial charge on any atom is 0.257 e. The zero-order chi connectivity index (χ0) is 14.7. The minimum absolute atomic E-state index is 0.0666. The number of hydrogen-bond donors (Lipinski definition) is 2. The van der Waals surface area contributed by atoms with Gasteiger partial charge in [0.25, 0.3) is 5.91 Å². The van der Waals surface area contributed by atoms with E-state index in [1.165, 1.54) is 13.0 Å². The van der Waals surface area contributed by atoms with Crippen molar-refractivity contribution in [3.05, 3.63) is 58.6 Å². The molecule has 0 fully saturated rings. The van der Waals surface area contributed by atoms with Crippen LogP contribution in [-0.2, 0) is 0 Å². The normalized spacial score (nSPS) is 10.1. The molecule has 0 saturated carbocycles. The van der Waals surface area contributed by atoms with E-state index >= 15 is 0 Å². The molecule has 0 aromatic heterocycles. The number of hydrogen-bond acceptors (Lipinski definition) is 3. The molecule has 20 heavy (non-hydrogen) atoms. The minimum Gasteiger partial charge on any atom is -0.399 e. The first-order valence-electron chi connectivity index (χ1n) is 5.95. The van der Waals surface area contributed by atoms with Gasteiger partial charge in [0.15, 0.2) is 5.78 Å². The van der Waals surface area contributed by atoms with Crippen molar-refractivity contribution in [1.29, 1.82) is 0 Å². The predicted molar refractivity (Wildman–Crippen MR) is 80.3 cm³/mol. The predicted octanol–water partition coefficient (Wildman–Crippen LogP) is 3.38. The Hall–Kier alpha value is -2.33. The van der Waals surface area contributed by atoms with E-state index in [4.69, 9.17) is 17.3 Å². The lowest BCUT2D eigenvalue weighted by Crippen LogP contribution is -2.13. The molecule has 3 N–H and O–H groups in total. The third kappa shape index (κ3) is 3.16. The maximum atomic E-state index is 12.1. The van der Waals surface area contributed by atoms with E-state index in [0.29, 0.717) is 27.5 Å². The van der Waals surface area contributed by atoms with E-state index in [9.17, 15) is 9.59 Å². The van der Waals surface area contributed by atoms with E-state index in [2.05, 4.69) is 5.32 Å². The lowest BCUT2D eigenvalue weighted by molar-refractivity contribution is 0.101. The van der Waals surface area contributed by atoms with Crippen molar-refractivity contribution in [3.8, 4) is 0 Å². The highest BCUT2D eigenvalue weighted by molar-refractivity contribution is 6.34. The Balaban J connectivity index is 2.25. The Morgan fingerprint density at radius 2 is 1.90 bits per heavy atom. The molecule has 1 amide bonds. The van der Waals surface area contributed by atoms with Crippen molar-refractivity contribution in [3.63, 3.8) is 0 Å². The smallest absolute Gasteiger partial charge is 0.257 e. The second kappa shape index (κ2) is 5.75. The fraction of sp³-hybridized carbons (Fsp3) is 0.0667. The molecule has 2 aromatic rings. The second-order valence-corrected chi connectivity index (χ2v) is 4.74. The summed E-state index contributed by atoms with van der Waals surface area (Å²) >= 11 is 5.97. The van der Waals surface area contributed by atoms with Gasteiger partial charge < -0.3 is 11.1 Å². The maximum absolute atomic E-state index is 12.1. The van der Waals surface area contributed by atoms with Gasteiger partial charge >= 0.3 is 0 Å². The summed E-state index contributed by atoms with van der Waals surface area (Å²) in [5.41, 5.74) is 7.44. The summed E-state index contributed by atoms with van der Waals surface area (Å²) in [6, 6.07) is 11.4. The van der Waals surface area contributed by atoms with E-state index < -0.39 is 0 Å². The van der Waals surface area contributed by atoms with Gasteiger partial charge in [-0.05, 0) is 37.3 Å². The van der Waals surface area contributed by atoms with Gasteiger partial charge in [-0.3, -0.25) is 9.59 Å². The molecular weight excluding hydrogens is 276 g/mol. The summed E-state index contributed by atoms with van der Waals surface area (Å²) < 4.78 is 0. The monoisotopic (exact) mass is 288 g/mol. The van der Waals surface area contributed by atoms with Crippen LogP contribution in [0.1, 0.15) is 27.6 Å². The highest BCUT2D eigenvalue weighted by atomic mass is 35.5. The molecule has 102 valence electrons. The van der Waals surface area contributed by atoms with Gasteiger partial charge in [-0.25, -0.2) is 0 Å². The zero-order valence-electron chi connectivity index (χ0n) is 10.8. The van der Waals surface area contributed by atoms with Gasteiger partial charge in [-0.2, -0.15) is 0 Å². The van der Waals surface area contributed by atoms with Crippen molar-refractivity contribution >= 4 is 34.7 Å². The Labute approximate surface area is 121 Å². The first kappa shape index (κ1) is 14.1. The number of Topliss-reactive ketones (excluding diaryl/α,β-unsaturated/α-hetero) is 1. The lowest BCUT2D eigenvalue weighted by atomic mass is 10.1. The largest absolute Gasteiger partial charge is 0.399 e. The molecule has 0 unspecified atom stereocenters. The second-order valence-electron chi connectivity index (χ2n) is 4.33. The molecule has 0 saturated heterocycles. The number of ketones is 1. The Kier molecular flexibility index (Phi) is 4.05. The third-order valence-corrected chi connectivity index (χ3v) is 3.09. The van der Waals surface area contributed by atoms with Crippen molar-refractivity contribution in [1.82, 2.24) is 0 Å². The van der Waals surface area contributed by atoms with E-state index in [1.54, 1.807) is 36.4 Å². The number of anilines is 2. The highest BCUT2D eigenvalue weighted by Gasteiger charge is 2.11.